The second kappa shape index (κ2) is 11.9. The zero-order valence-electron chi connectivity index (χ0n) is 19.6. The van der Waals surface area contributed by atoms with Gasteiger partial charge in [0, 0.05) is 12.6 Å². The average molecular weight is 465 g/mol. The number of aliphatic hydroxyl groups is 1. The summed E-state index contributed by atoms with van der Waals surface area (Å²) in [7, 11) is 0. The van der Waals surface area contributed by atoms with Gasteiger partial charge in [0.15, 0.2) is 0 Å². The first-order chi connectivity index (χ1) is 14.7. The van der Waals surface area contributed by atoms with E-state index in [4.69, 9.17) is 11.6 Å². The lowest BCUT2D eigenvalue weighted by atomic mass is 9.62. The third-order valence-corrected chi connectivity index (χ3v) is 7.85. The van der Waals surface area contributed by atoms with E-state index in [1.165, 1.54) is 44.9 Å². The van der Waals surface area contributed by atoms with E-state index >= 15 is 0 Å². The molecule has 1 aromatic carbocycles. The molecule has 2 bridgehead atoms. The molecule has 0 saturated heterocycles. The highest BCUT2D eigenvalue weighted by atomic mass is 35.5. The van der Waals surface area contributed by atoms with Crippen molar-refractivity contribution in [2.45, 2.75) is 92.0 Å². The molecule has 3 rings (SSSR count). The van der Waals surface area contributed by atoms with Gasteiger partial charge in [0.25, 0.3) is 5.91 Å². The minimum Gasteiger partial charge on any atom is -0.395 e. The van der Waals surface area contributed by atoms with E-state index in [0.717, 1.165) is 37.4 Å². The van der Waals surface area contributed by atoms with Crippen LogP contribution in [0.3, 0.4) is 0 Å². The van der Waals surface area contributed by atoms with Crippen LogP contribution < -0.4 is 10.6 Å². The van der Waals surface area contributed by atoms with Crippen LogP contribution in [0.1, 0.15) is 95.5 Å². The Kier molecular flexibility index (Phi) is 10.1. The largest absolute Gasteiger partial charge is 0.395 e. The summed E-state index contributed by atoms with van der Waals surface area (Å²) in [5.74, 6) is 0.823. The van der Waals surface area contributed by atoms with Gasteiger partial charge in [-0.15, -0.1) is 0 Å². The molecule has 32 heavy (non-hydrogen) atoms. The highest BCUT2D eigenvalue weighted by Gasteiger charge is 2.39. The van der Waals surface area contributed by atoms with Gasteiger partial charge in [-0.05, 0) is 73.1 Å². The Morgan fingerprint density at radius 1 is 1.25 bits per heavy atom. The molecule has 5 heteroatoms. The van der Waals surface area contributed by atoms with Gasteiger partial charge in [0.2, 0.25) is 0 Å². The van der Waals surface area contributed by atoms with E-state index < -0.39 is 0 Å². The third-order valence-electron chi connectivity index (χ3n) is 7.52. The molecule has 2 saturated carbocycles. The molecule has 0 spiro atoms. The van der Waals surface area contributed by atoms with Gasteiger partial charge in [-0.2, -0.15) is 0 Å². The van der Waals surface area contributed by atoms with E-state index in [1.807, 2.05) is 18.2 Å². The van der Waals surface area contributed by atoms with Crippen molar-refractivity contribution in [1.82, 2.24) is 10.6 Å². The van der Waals surface area contributed by atoms with Crippen LogP contribution in [-0.2, 0) is 6.42 Å². The Bertz CT molecular complexity index is 734. The van der Waals surface area contributed by atoms with E-state index in [-0.39, 0.29) is 31.4 Å². The number of hydrogen-bond donors (Lipinski definition) is 3. The molecule has 1 unspecified atom stereocenters. The number of halogens is 1. The second-order valence-electron chi connectivity index (χ2n) is 11.0. The van der Waals surface area contributed by atoms with E-state index in [2.05, 4.69) is 31.4 Å². The lowest BCUT2D eigenvalue weighted by Gasteiger charge is -2.45. The average Bonchev–Trinajstić information content (AvgIpc) is 2.72. The lowest BCUT2D eigenvalue weighted by Crippen LogP contribution is -2.43. The van der Waals surface area contributed by atoms with Crippen molar-refractivity contribution >= 4 is 17.5 Å². The van der Waals surface area contributed by atoms with Crippen LogP contribution >= 0.6 is 11.6 Å². The molecule has 182 valence electrons. The minimum absolute atomic E-state index is 0. The zero-order valence-corrected chi connectivity index (χ0v) is 20.4. The first-order valence-electron chi connectivity index (χ1n) is 12.1. The molecule has 1 aromatic rings. The molecular formula is C27H45ClN2O2. The molecule has 2 aliphatic carbocycles. The predicted molar refractivity (Wildman–Crippen MR) is 135 cm³/mol. The van der Waals surface area contributed by atoms with E-state index in [9.17, 15) is 9.90 Å². The van der Waals surface area contributed by atoms with E-state index in [1.54, 1.807) is 0 Å². The molecule has 0 aliphatic heterocycles. The molecule has 4 nitrogen and oxygen atoms in total. The highest BCUT2D eigenvalue weighted by molar-refractivity contribution is 6.33. The van der Waals surface area contributed by atoms with Crippen molar-refractivity contribution in [3.8, 4) is 0 Å². The van der Waals surface area contributed by atoms with Gasteiger partial charge in [0.05, 0.1) is 17.2 Å². The van der Waals surface area contributed by atoms with Crippen LogP contribution in [-0.4, -0.2) is 36.8 Å². The van der Waals surface area contributed by atoms with Gasteiger partial charge in [-0.25, -0.2) is 0 Å². The number of rotatable bonds is 9. The fourth-order valence-electron chi connectivity index (χ4n) is 5.55. The molecule has 2 aliphatic rings. The Balaban J connectivity index is 0.00000363. The monoisotopic (exact) mass is 464 g/mol. The summed E-state index contributed by atoms with van der Waals surface area (Å²) in [6.07, 6.45) is 10.9. The number of benzene rings is 1. The van der Waals surface area contributed by atoms with Gasteiger partial charge in [-0.3, -0.25) is 4.79 Å². The summed E-state index contributed by atoms with van der Waals surface area (Å²) in [5, 5.41) is 16.8. The number of fused-ring (bicyclic) bond motifs is 2. The Morgan fingerprint density at radius 3 is 2.56 bits per heavy atom. The summed E-state index contributed by atoms with van der Waals surface area (Å²) >= 11 is 6.39. The number of hydrogen-bond acceptors (Lipinski definition) is 3. The molecule has 1 atom stereocenters. The Morgan fingerprint density at radius 2 is 1.94 bits per heavy atom. The number of carbonyl (C=O) groups is 1. The van der Waals surface area contributed by atoms with Gasteiger partial charge in [-0.1, -0.05) is 71.5 Å². The maximum absolute atomic E-state index is 13.0. The number of nitrogens with one attached hydrogen (secondary N) is 2. The topological polar surface area (TPSA) is 61.4 Å². The molecule has 3 N–H and O–H groups in total. The summed E-state index contributed by atoms with van der Waals surface area (Å²) in [4.78, 5) is 13.0. The molecule has 0 radical (unpaired) electrons. The fourth-order valence-corrected chi connectivity index (χ4v) is 5.75. The van der Waals surface area contributed by atoms with Gasteiger partial charge in [0.1, 0.15) is 0 Å². The van der Waals surface area contributed by atoms with Crippen LogP contribution in [0, 0.1) is 16.7 Å². The molecule has 0 aromatic heterocycles. The maximum Gasteiger partial charge on any atom is 0.252 e. The van der Waals surface area contributed by atoms with Crippen molar-refractivity contribution in [3.63, 3.8) is 0 Å². The Hall–Kier alpha value is -1.10. The van der Waals surface area contributed by atoms with E-state index in [0.29, 0.717) is 16.0 Å². The quantitative estimate of drug-likeness (QED) is 0.393. The van der Waals surface area contributed by atoms with Crippen LogP contribution in [0.15, 0.2) is 18.2 Å². The SMILES string of the molecule is C.CC(C)(C)C(CO)NCCCc1ccc(Cl)c(C(=O)NCC23CCCC(CCC2)C3)c1. The van der Waals surface area contributed by atoms with Crippen molar-refractivity contribution < 1.29 is 9.90 Å². The number of aryl methyl sites for hydroxylation is 1. The van der Waals surface area contributed by atoms with Crippen LogP contribution in [0.25, 0.3) is 0 Å². The number of aliphatic hydroxyl groups excluding tert-OH is 1. The van der Waals surface area contributed by atoms with Crippen molar-refractivity contribution in [1.29, 1.82) is 0 Å². The van der Waals surface area contributed by atoms with Crippen LogP contribution in [0.5, 0.6) is 0 Å². The molecule has 2 fully saturated rings. The maximum atomic E-state index is 13.0. The smallest absolute Gasteiger partial charge is 0.252 e. The van der Waals surface area contributed by atoms with Crippen LogP contribution in [0.2, 0.25) is 5.02 Å². The van der Waals surface area contributed by atoms with Crippen LogP contribution in [0.4, 0.5) is 0 Å². The van der Waals surface area contributed by atoms with Crippen molar-refractivity contribution in [3.05, 3.63) is 34.3 Å². The summed E-state index contributed by atoms with van der Waals surface area (Å²) in [6, 6.07) is 5.89. The molecular weight excluding hydrogens is 420 g/mol. The zero-order chi connectivity index (χ0) is 22.5. The summed E-state index contributed by atoms with van der Waals surface area (Å²) in [5.41, 5.74) is 2.05. The minimum atomic E-state index is -0.0416. The summed E-state index contributed by atoms with van der Waals surface area (Å²) in [6.45, 7) is 8.14. The van der Waals surface area contributed by atoms with Gasteiger partial charge < -0.3 is 15.7 Å². The molecule has 0 heterocycles. The third kappa shape index (κ3) is 7.20. The molecule has 1 amide bonds. The Labute approximate surface area is 200 Å². The van der Waals surface area contributed by atoms with Crippen molar-refractivity contribution in [2.24, 2.45) is 16.7 Å². The fraction of sp³-hybridized carbons (Fsp3) is 0.741. The number of carbonyl (C=O) groups excluding carboxylic acids is 1. The first-order valence-corrected chi connectivity index (χ1v) is 12.5. The van der Waals surface area contributed by atoms with Gasteiger partial charge >= 0.3 is 0 Å². The summed E-state index contributed by atoms with van der Waals surface area (Å²) < 4.78 is 0. The predicted octanol–water partition coefficient (Wildman–Crippen LogP) is 6.00. The number of amides is 1. The normalized spacial score (nSPS) is 23.8. The lowest BCUT2D eigenvalue weighted by molar-refractivity contribution is 0.0681. The highest BCUT2D eigenvalue weighted by Crippen LogP contribution is 2.48. The first kappa shape index (κ1) is 27.1. The standard InChI is InChI=1S/C26H41ClN2O2.CH4/c1-25(2,3)23(17-30)28-14-6-9-19-10-11-22(27)21(15-19)24(31)29-18-26-12-4-7-20(16-26)8-5-13-26;/h10-11,15,20,23,28,30H,4-9,12-14,16-18H2,1-3H3,(H,29,31);1H4. The van der Waals surface area contributed by atoms with Crippen molar-refractivity contribution in [2.75, 3.05) is 19.7 Å². The second-order valence-corrected chi connectivity index (χ2v) is 11.4.